The van der Waals surface area contributed by atoms with E-state index in [-0.39, 0.29) is 5.71 Å². The van der Waals surface area contributed by atoms with Crippen LogP contribution in [0.1, 0.15) is 0 Å². The van der Waals surface area contributed by atoms with E-state index in [4.69, 9.17) is 10.8 Å². The lowest BCUT2D eigenvalue weighted by molar-refractivity contribution is -0.129. The highest BCUT2D eigenvalue weighted by Gasteiger charge is 2.13. The fourth-order valence-electron chi connectivity index (χ4n) is 0.414. The summed E-state index contributed by atoms with van der Waals surface area (Å²) in [5.74, 6) is -0.742. The SMILES string of the molecule is NC1=NN=C(C(=O)O)CS1. The number of rotatable bonds is 1. The van der Waals surface area contributed by atoms with Crippen LogP contribution in [0.3, 0.4) is 0 Å². The summed E-state index contributed by atoms with van der Waals surface area (Å²) in [4.78, 5) is 10.2. The van der Waals surface area contributed by atoms with Crippen LogP contribution in [-0.2, 0) is 4.79 Å². The molecule has 54 valence electrons. The van der Waals surface area contributed by atoms with Gasteiger partial charge in [0, 0.05) is 0 Å². The lowest BCUT2D eigenvalue weighted by Gasteiger charge is -2.03. The van der Waals surface area contributed by atoms with Gasteiger partial charge in [-0.3, -0.25) is 0 Å². The summed E-state index contributed by atoms with van der Waals surface area (Å²) in [6, 6.07) is 0. The molecule has 3 N–H and O–H groups in total. The summed E-state index contributed by atoms with van der Waals surface area (Å²) in [6.45, 7) is 0. The standard InChI is InChI=1S/C4H5N3O2S/c5-4-7-6-2(1-10-4)3(8)9/h1H2,(H2,5,7)(H,8,9). The molecule has 1 aliphatic rings. The second-order valence-corrected chi connectivity index (χ2v) is 2.57. The molecule has 0 spiro atoms. The topological polar surface area (TPSA) is 88.0 Å². The van der Waals surface area contributed by atoms with Crippen LogP contribution in [0.25, 0.3) is 0 Å². The van der Waals surface area contributed by atoms with Gasteiger partial charge in [-0.2, -0.15) is 0 Å². The fraction of sp³-hybridized carbons (Fsp3) is 0.250. The molecule has 10 heavy (non-hydrogen) atoms. The monoisotopic (exact) mass is 159 g/mol. The van der Waals surface area contributed by atoms with E-state index >= 15 is 0 Å². The molecule has 0 aromatic rings. The molecule has 1 aliphatic heterocycles. The molecule has 6 heteroatoms. The number of carboxylic acids is 1. The minimum absolute atomic E-state index is 0.0409. The maximum atomic E-state index is 10.2. The number of nitrogens with zero attached hydrogens (tertiary/aromatic N) is 2. The third-order valence-corrected chi connectivity index (χ3v) is 1.67. The van der Waals surface area contributed by atoms with Gasteiger partial charge in [-0.25, -0.2) is 4.79 Å². The van der Waals surface area contributed by atoms with E-state index in [9.17, 15) is 4.79 Å². The highest BCUT2D eigenvalue weighted by atomic mass is 32.2. The van der Waals surface area contributed by atoms with Crippen LogP contribution < -0.4 is 5.73 Å². The van der Waals surface area contributed by atoms with Crippen molar-refractivity contribution in [3.05, 3.63) is 0 Å². The Hall–Kier alpha value is -1.04. The van der Waals surface area contributed by atoms with Crippen molar-refractivity contribution in [3.63, 3.8) is 0 Å². The van der Waals surface area contributed by atoms with Gasteiger partial charge in [0.25, 0.3) is 0 Å². The zero-order valence-corrected chi connectivity index (χ0v) is 5.76. The normalized spacial score (nSPS) is 17.6. The first-order valence-corrected chi connectivity index (χ1v) is 3.45. The lowest BCUT2D eigenvalue weighted by Crippen LogP contribution is -2.21. The van der Waals surface area contributed by atoms with Crippen molar-refractivity contribution in [3.8, 4) is 0 Å². The van der Waals surface area contributed by atoms with E-state index in [0.717, 1.165) is 0 Å². The Labute approximate surface area is 61.0 Å². The van der Waals surface area contributed by atoms with Crippen LogP contribution in [0.2, 0.25) is 0 Å². The second-order valence-electron chi connectivity index (χ2n) is 1.58. The largest absolute Gasteiger partial charge is 0.477 e. The molecule has 0 aromatic carbocycles. The minimum Gasteiger partial charge on any atom is -0.477 e. The molecule has 0 fully saturated rings. The average molecular weight is 159 g/mol. The zero-order chi connectivity index (χ0) is 7.56. The fourth-order valence-corrected chi connectivity index (χ4v) is 0.979. The Kier molecular flexibility index (Phi) is 1.91. The highest BCUT2D eigenvalue weighted by molar-refractivity contribution is 8.14. The molecule has 0 unspecified atom stereocenters. The van der Waals surface area contributed by atoms with Crippen molar-refractivity contribution >= 4 is 28.6 Å². The van der Waals surface area contributed by atoms with Crippen molar-refractivity contribution in [1.29, 1.82) is 0 Å². The first kappa shape index (κ1) is 7.07. The molecule has 0 saturated carbocycles. The summed E-state index contributed by atoms with van der Waals surface area (Å²) in [7, 11) is 0. The smallest absolute Gasteiger partial charge is 0.353 e. The third-order valence-electron chi connectivity index (χ3n) is 0.873. The van der Waals surface area contributed by atoms with Crippen molar-refractivity contribution < 1.29 is 9.90 Å². The van der Waals surface area contributed by atoms with Crippen LogP contribution in [0.15, 0.2) is 10.2 Å². The molecule has 1 heterocycles. The number of nitrogens with two attached hydrogens (primary N) is 1. The molecule has 0 bridgehead atoms. The third kappa shape index (κ3) is 1.47. The zero-order valence-electron chi connectivity index (χ0n) is 4.94. The summed E-state index contributed by atoms with van der Waals surface area (Å²) in [5.41, 5.74) is 5.25. The van der Waals surface area contributed by atoms with Crippen molar-refractivity contribution in [2.45, 2.75) is 0 Å². The van der Waals surface area contributed by atoms with E-state index in [0.29, 0.717) is 10.9 Å². The number of hydrogen-bond acceptors (Lipinski definition) is 5. The molecule has 5 nitrogen and oxygen atoms in total. The minimum atomic E-state index is -1.04. The number of thioether (sulfide) groups is 1. The van der Waals surface area contributed by atoms with Crippen molar-refractivity contribution in [2.75, 3.05) is 5.75 Å². The average Bonchev–Trinajstić information content (AvgIpc) is 1.88. The summed E-state index contributed by atoms with van der Waals surface area (Å²) >= 11 is 1.17. The van der Waals surface area contributed by atoms with Gasteiger partial charge in [0.05, 0.1) is 5.75 Å². The van der Waals surface area contributed by atoms with Crippen LogP contribution in [0.5, 0.6) is 0 Å². The summed E-state index contributed by atoms with van der Waals surface area (Å²) in [6.07, 6.45) is 0. The quantitative estimate of drug-likeness (QED) is 0.539. The second kappa shape index (κ2) is 2.70. The van der Waals surface area contributed by atoms with Gasteiger partial charge in [0.2, 0.25) is 0 Å². The number of carboxylic acid groups (broad SMARTS) is 1. The van der Waals surface area contributed by atoms with Crippen LogP contribution in [0.4, 0.5) is 0 Å². The molecule has 0 aromatic heterocycles. The van der Waals surface area contributed by atoms with Gasteiger partial charge >= 0.3 is 5.97 Å². The van der Waals surface area contributed by atoms with Gasteiger partial charge in [0.1, 0.15) is 0 Å². The van der Waals surface area contributed by atoms with Crippen LogP contribution in [-0.4, -0.2) is 27.7 Å². The molecular weight excluding hydrogens is 154 g/mol. The Balaban J connectivity index is 2.74. The molecule has 0 atom stereocenters. The predicted octanol–water partition coefficient (Wildman–Crippen LogP) is -0.511. The molecule has 0 amide bonds. The molecule has 0 aliphatic carbocycles. The summed E-state index contributed by atoms with van der Waals surface area (Å²) in [5, 5.41) is 15.4. The Morgan fingerprint density at radius 3 is 2.80 bits per heavy atom. The predicted molar refractivity (Wildman–Crippen MR) is 39.2 cm³/mol. The first-order valence-electron chi connectivity index (χ1n) is 2.46. The first-order chi connectivity index (χ1) is 4.70. The Morgan fingerprint density at radius 1 is 1.70 bits per heavy atom. The van der Waals surface area contributed by atoms with E-state index in [1.807, 2.05) is 0 Å². The molecular formula is C4H5N3O2S. The number of hydrogen-bond donors (Lipinski definition) is 2. The van der Waals surface area contributed by atoms with E-state index in [2.05, 4.69) is 10.2 Å². The van der Waals surface area contributed by atoms with E-state index in [1.165, 1.54) is 11.8 Å². The lowest BCUT2D eigenvalue weighted by atomic mass is 10.4. The summed E-state index contributed by atoms with van der Waals surface area (Å²) < 4.78 is 0. The molecule has 0 saturated heterocycles. The number of carbonyl (C=O) groups is 1. The van der Waals surface area contributed by atoms with Gasteiger partial charge in [-0.1, -0.05) is 11.8 Å². The van der Waals surface area contributed by atoms with Crippen LogP contribution in [0, 0.1) is 0 Å². The van der Waals surface area contributed by atoms with Gasteiger partial charge < -0.3 is 10.8 Å². The van der Waals surface area contributed by atoms with Crippen molar-refractivity contribution in [1.82, 2.24) is 0 Å². The van der Waals surface area contributed by atoms with Gasteiger partial charge in [-0.05, 0) is 0 Å². The molecule has 1 rings (SSSR count). The Morgan fingerprint density at radius 2 is 2.40 bits per heavy atom. The highest BCUT2D eigenvalue weighted by Crippen LogP contribution is 2.06. The maximum Gasteiger partial charge on any atom is 0.353 e. The van der Waals surface area contributed by atoms with Gasteiger partial charge in [0.15, 0.2) is 10.9 Å². The van der Waals surface area contributed by atoms with Gasteiger partial charge in [-0.15, -0.1) is 10.2 Å². The van der Waals surface area contributed by atoms with Crippen LogP contribution >= 0.6 is 11.8 Å². The Bertz CT molecular complexity index is 223. The van der Waals surface area contributed by atoms with E-state index in [1.54, 1.807) is 0 Å². The number of aliphatic carboxylic acids is 1. The van der Waals surface area contributed by atoms with Crippen molar-refractivity contribution in [2.24, 2.45) is 15.9 Å². The van der Waals surface area contributed by atoms with E-state index < -0.39 is 5.97 Å². The molecule has 0 radical (unpaired) electrons. The number of amidine groups is 1. The maximum absolute atomic E-state index is 10.2.